The van der Waals surface area contributed by atoms with Gasteiger partial charge in [0.2, 0.25) is 5.91 Å². The molecule has 2 aliphatic heterocycles. The van der Waals surface area contributed by atoms with Gasteiger partial charge in [-0.15, -0.1) is 0 Å². The van der Waals surface area contributed by atoms with Crippen LogP contribution in [0.15, 0.2) is 42.6 Å². The third-order valence-electron chi connectivity index (χ3n) is 8.81. The molecule has 1 aromatic heterocycles. The highest BCUT2D eigenvalue weighted by molar-refractivity contribution is 5.92. The van der Waals surface area contributed by atoms with Crippen LogP contribution in [0.4, 0.5) is 18.9 Å². The second-order valence-electron chi connectivity index (χ2n) is 11.6. The highest BCUT2D eigenvalue weighted by Crippen LogP contribution is 2.35. The standard InChI is InChI=1S/C33H41F3N4O3/c1-2-43-16-11-37-25-4-5-31-26(18-25)27(20-38-31)22-7-12-39(13-8-22)21-32(41)23-9-14-40(15-10-23)33(42)6-3-24-17-29(35)30(36)19-28(24)34/h3-6,17-20,22-23,32,37-38,41H,2,7-16,21H2,1H3/b6-3+. The summed E-state index contributed by atoms with van der Waals surface area (Å²) in [6, 6.07) is 7.64. The lowest BCUT2D eigenvalue weighted by molar-refractivity contribution is -0.128. The summed E-state index contributed by atoms with van der Waals surface area (Å²) in [6.07, 6.45) is 7.42. The predicted octanol–water partition coefficient (Wildman–Crippen LogP) is 5.53. The Balaban J connectivity index is 1.07. The average molecular weight is 599 g/mol. The van der Waals surface area contributed by atoms with Crippen LogP contribution >= 0.6 is 0 Å². The number of carbonyl (C=O) groups excluding carboxylic acids is 1. The first-order chi connectivity index (χ1) is 20.8. The zero-order valence-corrected chi connectivity index (χ0v) is 24.6. The molecule has 7 nitrogen and oxygen atoms in total. The number of nitrogens with one attached hydrogen (secondary N) is 2. The second-order valence-corrected chi connectivity index (χ2v) is 11.6. The summed E-state index contributed by atoms with van der Waals surface area (Å²) in [6.45, 7) is 7.58. The maximum Gasteiger partial charge on any atom is 0.246 e. The van der Waals surface area contributed by atoms with Crippen LogP contribution in [0.2, 0.25) is 0 Å². The Hall–Kier alpha value is -3.34. The molecule has 1 atom stereocenters. The number of aromatic nitrogens is 1. The summed E-state index contributed by atoms with van der Waals surface area (Å²) in [5, 5.41) is 15.7. The zero-order valence-electron chi connectivity index (χ0n) is 24.6. The molecule has 232 valence electrons. The van der Waals surface area contributed by atoms with E-state index < -0.39 is 23.6 Å². The topological polar surface area (TPSA) is 80.8 Å². The number of rotatable bonds is 11. The number of benzene rings is 2. The number of ether oxygens (including phenoxy) is 1. The monoisotopic (exact) mass is 598 g/mol. The number of β-amino-alcohol motifs (C(OH)–C–C–N with tert-alkyl or cyclic N) is 1. The van der Waals surface area contributed by atoms with Crippen molar-refractivity contribution in [1.82, 2.24) is 14.8 Å². The number of amides is 1. The number of aromatic amines is 1. The lowest BCUT2D eigenvalue weighted by Crippen LogP contribution is -2.45. The van der Waals surface area contributed by atoms with Crippen LogP contribution in [-0.4, -0.2) is 84.4 Å². The number of halogens is 3. The molecule has 0 bridgehead atoms. The lowest BCUT2D eigenvalue weighted by atomic mass is 9.87. The van der Waals surface area contributed by atoms with E-state index in [4.69, 9.17) is 4.74 Å². The van der Waals surface area contributed by atoms with Crippen molar-refractivity contribution in [3.63, 3.8) is 0 Å². The van der Waals surface area contributed by atoms with Gasteiger partial charge >= 0.3 is 0 Å². The van der Waals surface area contributed by atoms with E-state index in [9.17, 15) is 23.1 Å². The molecule has 2 fully saturated rings. The molecule has 1 unspecified atom stereocenters. The Morgan fingerprint density at radius 1 is 1.07 bits per heavy atom. The highest BCUT2D eigenvalue weighted by Gasteiger charge is 2.30. The van der Waals surface area contributed by atoms with Crippen LogP contribution in [-0.2, 0) is 9.53 Å². The number of hydrogen-bond donors (Lipinski definition) is 3. The highest BCUT2D eigenvalue weighted by atomic mass is 19.2. The van der Waals surface area contributed by atoms with Crippen LogP contribution in [0.25, 0.3) is 17.0 Å². The van der Waals surface area contributed by atoms with Gasteiger partial charge < -0.3 is 29.9 Å². The minimum atomic E-state index is -1.27. The minimum absolute atomic E-state index is 0.0941. The van der Waals surface area contributed by atoms with Crippen molar-refractivity contribution in [2.24, 2.45) is 5.92 Å². The number of hydrogen-bond acceptors (Lipinski definition) is 5. The first-order valence-electron chi connectivity index (χ1n) is 15.3. The Morgan fingerprint density at radius 2 is 1.81 bits per heavy atom. The maximum atomic E-state index is 13.9. The van der Waals surface area contributed by atoms with Crippen LogP contribution in [0, 0.1) is 23.4 Å². The Morgan fingerprint density at radius 3 is 2.56 bits per heavy atom. The van der Waals surface area contributed by atoms with Crippen LogP contribution < -0.4 is 5.32 Å². The summed E-state index contributed by atoms with van der Waals surface area (Å²) in [5.41, 5.74) is 3.40. The molecule has 2 aliphatic rings. The van der Waals surface area contributed by atoms with Crippen molar-refractivity contribution in [3.05, 3.63) is 71.2 Å². The molecule has 43 heavy (non-hydrogen) atoms. The van der Waals surface area contributed by atoms with Crippen LogP contribution in [0.5, 0.6) is 0 Å². The number of aliphatic hydroxyl groups excluding tert-OH is 1. The van der Waals surface area contributed by atoms with Gasteiger partial charge in [0.1, 0.15) is 5.82 Å². The quantitative estimate of drug-likeness (QED) is 0.154. The molecule has 0 aliphatic carbocycles. The smallest absolute Gasteiger partial charge is 0.246 e. The Bertz CT molecular complexity index is 1410. The molecule has 0 saturated carbocycles. The van der Waals surface area contributed by atoms with E-state index in [1.807, 2.05) is 6.92 Å². The van der Waals surface area contributed by atoms with E-state index in [-0.39, 0.29) is 17.4 Å². The van der Waals surface area contributed by atoms with Gasteiger partial charge in [0.15, 0.2) is 11.6 Å². The van der Waals surface area contributed by atoms with Crippen molar-refractivity contribution >= 4 is 28.6 Å². The van der Waals surface area contributed by atoms with Gasteiger partial charge in [-0.3, -0.25) is 4.79 Å². The number of piperidine rings is 2. The molecule has 0 spiro atoms. The van der Waals surface area contributed by atoms with Gasteiger partial charge in [0.05, 0.1) is 12.7 Å². The van der Waals surface area contributed by atoms with Gasteiger partial charge in [0.25, 0.3) is 0 Å². The molecule has 0 radical (unpaired) electrons. The normalized spacial score (nSPS) is 18.1. The van der Waals surface area contributed by atoms with Crippen molar-refractivity contribution in [3.8, 4) is 0 Å². The first kappa shape index (κ1) is 31.1. The molecule has 3 heterocycles. The largest absolute Gasteiger partial charge is 0.392 e. The van der Waals surface area contributed by atoms with Crippen molar-refractivity contribution in [2.45, 2.75) is 44.6 Å². The predicted molar refractivity (Wildman–Crippen MR) is 162 cm³/mol. The first-order valence-corrected chi connectivity index (χ1v) is 15.3. The van der Waals surface area contributed by atoms with E-state index in [0.717, 1.165) is 49.7 Å². The summed E-state index contributed by atoms with van der Waals surface area (Å²) in [4.78, 5) is 20.0. The lowest BCUT2D eigenvalue weighted by Gasteiger charge is -2.37. The third kappa shape index (κ3) is 7.79. The number of carbonyl (C=O) groups is 1. The molecule has 3 aromatic rings. The summed E-state index contributed by atoms with van der Waals surface area (Å²) < 4.78 is 45.9. The number of fused-ring (bicyclic) bond motifs is 1. The fourth-order valence-electron chi connectivity index (χ4n) is 6.28. The molecular weight excluding hydrogens is 557 g/mol. The Labute approximate surface area is 250 Å². The van der Waals surface area contributed by atoms with E-state index in [1.165, 1.54) is 23.1 Å². The van der Waals surface area contributed by atoms with Crippen molar-refractivity contribution < 1.29 is 27.8 Å². The summed E-state index contributed by atoms with van der Waals surface area (Å²) in [7, 11) is 0. The van der Waals surface area contributed by atoms with E-state index in [2.05, 4.69) is 39.6 Å². The SMILES string of the molecule is CCOCCNc1ccc2[nH]cc(C3CCN(CC(O)C4CCN(C(=O)/C=C/c5cc(F)c(F)cc5F)CC4)CC3)c2c1. The van der Waals surface area contributed by atoms with Crippen LogP contribution in [0.1, 0.15) is 49.7 Å². The number of aliphatic hydroxyl groups is 1. The maximum absolute atomic E-state index is 13.9. The van der Waals surface area contributed by atoms with Crippen LogP contribution in [0.3, 0.4) is 0 Å². The number of anilines is 1. The number of H-pyrrole nitrogens is 1. The number of likely N-dealkylation sites (tertiary alicyclic amines) is 2. The van der Waals surface area contributed by atoms with Gasteiger partial charge in [-0.2, -0.15) is 0 Å². The summed E-state index contributed by atoms with van der Waals surface area (Å²) in [5.74, 6) is -3.12. The minimum Gasteiger partial charge on any atom is -0.392 e. The van der Waals surface area contributed by atoms with Gasteiger partial charge in [0, 0.05) is 73.3 Å². The second kappa shape index (κ2) is 14.4. The van der Waals surface area contributed by atoms with Gasteiger partial charge in [-0.1, -0.05) is 0 Å². The molecule has 1 amide bonds. The zero-order chi connectivity index (χ0) is 30.3. The van der Waals surface area contributed by atoms with E-state index in [0.29, 0.717) is 57.7 Å². The molecular formula is C33H41F3N4O3. The number of nitrogens with zero attached hydrogens (tertiary/aromatic N) is 2. The fraction of sp³-hybridized carbons (Fsp3) is 0.485. The molecule has 3 N–H and O–H groups in total. The van der Waals surface area contributed by atoms with E-state index >= 15 is 0 Å². The fourth-order valence-corrected chi connectivity index (χ4v) is 6.28. The van der Waals surface area contributed by atoms with Crippen molar-refractivity contribution in [2.75, 3.05) is 57.8 Å². The van der Waals surface area contributed by atoms with Gasteiger partial charge in [-0.05, 0) is 93.4 Å². The van der Waals surface area contributed by atoms with E-state index in [1.54, 1.807) is 4.90 Å². The summed E-state index contributed by atoms with van der Waals surface area (Å²) >= 11 is 0. The molecule has 2 saturated heterocycles. The molecule has 5 rings (SSSR count). The Kier molecular flexibility index (Phi) is 10.4. The van der Waals surface area contributed by atoms with Gasteiger partial charge in [-0.25, -0.2) is 13.2 Å². The average Bonchev–Trinajstić information content (AvgIpc) is 3.44. The van der Waals surface area contributed by atoms with Crippen molar-refractivity contribution in [1.29, 1.82) is 0 Å². The molecule has 10 heteroatoms. The molecule has 2 aromatic carbocycles. The third-order valence-corrected chi connectivity index (χ3v) is 8.81.